The summed E-state index contributed by atoms with van der Waals surface area (Å²) in [5.41, 5.74) is 3.29. The van der Waals surface area contributed by atoms with Gasteiger partial charge in [0.15, 0.2) is 0 Å². The number of aryl methyl sites for hydroxylation is 1. The van der Waals surface area contributed by atoms with Gasteiger partial charge in [-0.15, -0.1) is 0 Å². The van der Waals surface area contributed by atoms with Gasteiger partial charge in [-0.3, -0.25) is 4.40 Å². The number of methoxy groups -OCH3 is 1. The minimum absolute atomic E-state index is 0.848. The number of halogens is 1. The number of ether oxygens (including phenoxy) is 1. The van der Waals surface area contributed by atoms with Crippen LogP contribution in [-0.4, -0.2) is 16.5 Å². The standard InChI is InChI=1S/C15H13BrN2O/c1-10-4-3-5-13-14(16)17-15(18(10)13)11-6-8-12(19-2)9-7-11/h3-9H,1-2H3. The normalized spacial score (nSPS) is 10.9. The Morgan fingerprint density at radius 3 is 2.53 bits per heavy atom. The van der Waals surface area contributed by atoms with Crippen LogP contribution in [0.4, 0.5) is 0 Å². The molecule has 0 fully saturated rings. The van der Waals surface area contributed by atoms with Gasteiger partial charge in [0.05, 0.1) is 12.6 Å². The molecule has 0 saturated heterocycles. The van der Waals surface area contributed by atoms with Crippen molar-refractivity contribution in [3.05, 3.63) is 52.8 Å². The summed E-state index contributed by atoms with van der Waals surface area (Å²) in [6, 6.07) is 14.1. The maximum absolute atomic E-state index is 5.18. The fourth-order valence-electron chi connectivity index (χ4n) is 2.19. The van der Waals surface area contributed by atoms with Gasteiger partial charge in [-0.1, -0.05) is 6.07 Å². The molecule has 3 aromatic rings. The van der Waals surface area contributed by atoms with Crippen LogP contribution in [0.5, 0.6) is 5.75 Å². The first-order valence-corrected chi connectivity index (χ1v) is 6.78. The fourth-order valence-corrected chi connectivity index (χ4v) is 2.67. The SMILES string of the molecule is COc1ccc(-c2nc(Br)c3cccc(C)n23)cc1. The topological polar surface area (TPSA) is 26.5 Å². The molecular weight excluding hydrogens is 304 g/mol. The van der Waals surface area contributed by atoms with Crippen molar-refractivity contribution in [2.75, 3.05) is 7.11 Å². The lowest BCUT2D eigenvalue weighted by atomic mass is 10.2. The molecular formula is C15H13BrN2O. The van der Waals surface area contributed by atoms with Crippen molar-refractivity contribution in [1.82, 2.24) is 9.38 Å². The predicted octanol–water partition coefficient (Wildman–Crippen LogP) is 4.08. The molecule has 4 heteroatoms. The van der Waals surface area contributed by atoms with Gasteiger partial charge >= 0.3 is 0 Å². The van der Waals surface area contributed by atoms with E-state index in [1.54, 1.807) is 7.11 Å². The quantitative estimate of drug-likeness (QED) is 0.712. The first-order valence-electron chi connectivity index (χ1n) is 5.98. The number of imidazole rings is 1. The van der Waals surface area contributed by atoms with Gasteiger partial charge in [0.25, 0.3) is 0 Å². The first-order chi connectivity index (χ1) is 9.20. The van der Waals surface area contributed by atoms with Crippen LogP contribution in [0.25, 0.3) is 16.9 Å². The number of hydrogen-bond donors (Lipinski definition) is 0. The highest BCUT2D eigenvalue weighted by atomic mass is 79.9. The van der Waals surface area contributed by atoms with Crippen LogP contribution >= 0.6 is 15.9 Å². The van der Waals surface area contributed by atoms with Crippen LogP contribution in [0.2, 0.25) is 0 Å². The third-order valence-corrected chi connectivity index (χ3v) is 3.74. The largest absolute Gasteiger partial charge is 0.497 e. The molecule has 96 valence electrons. The molecule has 0 N–H and O–H groups in total. The fraction of sp³-hybridized carbons (Fsp3) is 0.133. The van der Waals surface area contributed by atoms with E-state index in [2.05, 4.69) is 44.4 Å². The van der Waals surface area contributed by atoms with Gasteiger partial charge in [0.1, 0.15) is 16.2 Å². The number of hydrogen-bond acceptors (Lipinski definition) is 2. The lowest BCUT2D eigenvalue weighted by Gasteiger charge is -2.05. The van der Waals surface area contributed by atoms with Crippen LogP contribution in [0.15, 0.2) is 47.1 Å². The minimum atomic E-state index is 0.848. The van der Waals surface area contributed by atoms with Crippen LogP contribution in [-0.2, 0) is 0 Å². The van der Waals surface area contributed by atoms with E-state index >= 15 is 0 Å². The number of pyridine rings is 1. The van der Waals surface area contributed by atoms with Crippen LogP contribution in [0.1, 0.15) is 5.69 Å². The number of fused-ring (bicyclic) bond motifs is 1. The van der Waals surface area contributed by atoms with E-state index < -0.39 is 0 Å². The second-order valence-electron chi connectivity index (χ2n) is 4.34. The Morgan fingerprint density at radius 2 is 1.84 bits per heavy atom. The first kappa shape index (κ1) is 12.2. The van der Waals surface area contributed by atoms with Crippen molar-refractivity contribution in [2.45, 2.75) is 6.92 Å². The van der Waals surface area contributed by atoms with Crippen molar-refractivity contribution in [3.63, 3.8) is 0 Å². The third-order valence-electron chi connectivity index (χ3n) is 3.16. The summed E-state index contributed by atoms with van der Waals surface area (Å²) < 4.78 is 8.19. The van der Waals surface area contributed by atoms with Crippen molar-refractivity contribution >= 4 is 21.4 Å². The lowest BCUT2D eigenvalue weighted by molar-refractivity contribution is 0.415. The molecule has 19 heavy (non-hydrogen) atoms. The Bertz CT molecular complexity index is 732. The number of rotatable bonds is 2. The molecule has 0 amide bonds. The zero-order valence-corrected chi connectivity index (χ0v) is 12.3. The molecule has 3 nitrogen and oxygen atoms in total. The van der Waals surface area contributed by atoms with Crippen molar-refractivity contribution in [1.29, 1.82) is 0 Å². The molecule has 0 saturated carbocycles. The smallest absolute Gasteiger partial charge is 0.146 e. The van der Waals surface area contributed by atoms with Crippen LogP contribution in [0.3, 0.4) is 0 Å². The zero-order valence-electron chi connectivity index (χ0n) is 10.7. The molecule has 0 spiro atoms. The Morgan fingerprint density at radius 1 is 1.11 bits per heavy atom. The third kappa shape index (κ3) is 2.02. The zero-order chi connectivity index (χ0) is 13.4. The van der Waals surface area contributed by atoms with Gasteiger partial charge in [-0.2, -0.15) is 0 Å². The summed E-state index contributed by atoms with van der Waals surface area (Å²) >= 11 is 3.52. The van der Waals surface area contributed by atoms with Crippen LogP contribution in [0, 0.1) is 6.92 Å². The summed E-state index contributed by atoms with van der Waals surface area (Å²) in [4.78, 5) is 4.62. The Labute approximate surface area is 120 Å². The number of benzene rings is 1. The van der Waals surface area contributed by atoms with Gasteiger partial charge in [-0.25, -0.2) is 4.98 Å². The summed E-state index contributed by atoms with van der Waals surface area (Å²) in [5.74, 6) is 1.78. The lowest BCUT2D eigenvalue weighted by Crippen LogP contribution is -1.93. The monoisotopic (exact) mass is 316 g/mol. The minimum Gasteiger partial charge on any atom is -0.497 e. The highest BCUT2D eigenvalue weighted by molar-refractivity contribution is 9.10. The van der Waals surface area contributed by atoms with E-state index in [-0.39, 0.29) is 0 Å². The van der Waals surface area contributed by atoms with Gasteiger partial charge in [-0.05, 0) is 59.3 Å². The molecule has 1 aromatic carbocycles. The highest BCUT2D eigenvalue weighted by Crippen LogP contribution is 2.28. The highest BCUT2D eigenvalue weighted by Gasteiger charge is 2.12. The van der Waals surface area contributed by atoms with E-state index in [9.17, 15) is 0 Å². The summed E-state index contributed by atoms with van der Waals surface area (Å²) in [7, 11) is 1.67. The van der Waals surface area contributed by atoms with Crippen LogP contribution < -0.4 is 4.74 Å². The van der Waals surface area contributed by atoms with Crippen molar-refractivity contribution in [3.8, 4) is 17.1 Å². The molecule has 0 aliphatic heterocycles. The molecule has 0 radical (unpaired) electrons. The Balaban J connectivity index is 2.24. The summed E-state index contributed by atoms with van der Waals surface area (Å²) in [6.45, 7) is 2.08. The summed E-state index contributed by atoms with van der Waals surface area (Å²) in [6.07, 6.45) is 0. The molecule has 3 rings (SSSR count). The van der Waals surface area contributed by atoms with E-state index in [0.29, 0.717) is 0 Å². The maximum atomic E-state index is 5.18. The molecule has 2 aromatic heterocycles. The van der Waals surface area contributed by atoms with E-state index in [4.69, 9.17) is 4.74 Å². The molecule has 0 aliphatic carbocycles. The molecule has 0 atom stereocenters. The molecule has 2 heterocycles. The van der Waals surface area contributed by atoms with Gasteiger partial charge in [0, 0.05) is 11.3 Å². The average molecular weight is 317 g/mol. The van der Waals surface area contributed by atoms with Crippen molar-refractivity contribution in [2.24, 2.45) is 0 Å². The van der Waals surface area contributed by atoms with Gasteiger partial charge in [0.2, 0.25) is 0 Å². The average Bonchev–Trinajstić information content (AvgIpc) is 2.78. The second kappa shape index (κ2) is 4.70. The second-order valence-corrected chi connectivity index (χ2v) is 5.09. The molecule has 0 aliphatic rings. The molecule has 0 unspecified atom stereocenters. The number of aromatic nitrogens is 2. The van der Waals surface area contributed by atoms with E-state index in [1.165, 1.54) is 0 Å². The predicted molar refractivity (Wildman–Crippen MR) is 79.6 cm³/mol. The maximum Gasteiger partial charge on any atom is 0.146 e. The van der Waals surface area contributed by atoms with Gasteiger partial charge < -0.3 is 4.74 Å². The van der Waals surface area contributed by atoms with E-state index in [0.717, 1.165) is 33.0 Å². The van der Waals surface area contributed by atoms with Crippen molar-refractivity contribution < 1.29 is 4.74 Å². The number of nitrogens with zero attached hydrogens (tertiary/aromatic N) is 2. The Hall–Kier alpha value is -1.81. The summed E-state index contributed by atoms with van der Waals surface area (Å²) in [5, 5.41) is 0. The Kier molecular flexibility index (Phi) is 3.03. The van der Waals surface area contributed by atoms with E-state index in [1.807, 2.05) is 30.3 Å². The molecule has 0 bridgehead atoms.